The van der Waals surface area contributed by atoms with Crippen LogP contribution in [0.2, 0.25) is 5.02 Å². The second kappa shape index (κ2) is 5.71. The number of anilines is 1. The fourth-order valence-corrected chi connectivity index (χ4v) is 2.16. The number of benzene rings is 2. The molecule has 20 heavy (non-hydrogen) atoms. The fourth-order valence-electron chi connectivity index (χ4n) is 1.82. The van der Waals surface area contributed by atoms with E-state index in [1.54, 1.807) is 6.92 Å². The number of halogens is 5. The molecule has 1 atom stereocenters. The number of hydrogen-bond donors (Lipinski definition) is 1. The Morgan fingerprint density at radius 1 is 1.00 bits per heavy atom. The highest BCUT2D eigenvalue weighted by Gasteiger charge is 2.15. The van der Waals surface area contributed by atoms with Gasteiger partial charge in [-0.3, -0.25) is 0 Å². The van der Waals surface area contributed by atoms with E-state index in [1.807, 2.05) is 0 Å². The van der Waals surface area contributed by atoms with E-state index in [2.05, 4.69) is 5.32 Å². The summed E-state index contributed by atoms with van der Waals surface area (Å²) in [6.07, 6.45) is 0. The quantitative estimate of drug-likeness (QED) is 0.616. The molecule has 0 aliphatic rings. The Balaban J connectivity index is 2.30. The molecule has 0 heterocycles. The van der Waals surface area contributed by atoms with Crippen LogP contribution in [-0.4, -0.2) is 0 Å². The van der Waals surface area contributed by atoms with Gasteiger partial charge in [-0.15, -0.1) is 0 Å². The second-order valence-electron chi connectivity index (χ2n) is 4.28. The summed E-state index contributed by atoms with van der Waals surface area (Å²) in [7, 11) is 0. The molecule has 0 saturated carbocycles. The van der Waals surface area contributed by atoms with E-state index in [0.29, 0.717) is 11.6 Å². The van der Waals surface area contributed by atoms with E-state index in [9.17, 15) is 17.6 Å². The first-order valence-corrected chi connectivity index (χ1v) is 6.12. The Morgan fingerprint density at radius 3 is 2.35 bits per heavy atom. The standard InChI is InChI=1S/C14H10ClF4N/c1-7(10-3-2-8(16)4-11(10)15)20-13-6-9(17)5-12(18)14(13)19/h2-7,20H,1H3. The van der Waals surface area contributed by atoms with Crippen molar-refractivity contribution >= 4 is 17.3 Å². The largest absolute Gasteiger partial charge is 0.376 e. The molecule has 0 aliphatic heterocycles. The van der Waals surface area contributed by atoms with Gasteiger partial charge in [0, 0.05) is 17.2 Å². The first kappa shape index (κ1) is 14.7. The lowest BCUT2D eigenvalue weighted by atomic mass is 10.1. The average Bonchev–Trinajstić information content (AvgIpc) is 2.35. The second-order valence-corrected chi connectivity index (χ2v) is 4.69. The Bertz CT molecular complexity index is 645. The van der Waals surface area contributed by atoms with Gasteiger partial charge in [-0.2, -0.15) is 0 Å². The molecule has 0 radical (unpaired) electrons. The molecule has 1 nitrogen and oxygen atoms in total. The van der Waals surface area contributed by atoms with Crippen molar-refractivity contribution in [2.45, 2.75) is 13.0 Å². The van der Waals surface area contributed by atoms with Crippen LogP contribution in [0.5, 0.6) is 0 Å². The number of rotatable bonds is 3. The molecule has 2 rings (SSSR count). The topological polar surface area (TPSA) is 12.0 Å². The summed E-state index contributed by atoms with van der Waals surface area (Å²) in [5.74, 6) is -3.88. The Kier molecular flexibility index (Phi) is 4.18. The molecule has 0 bridgehead atoms. The highest BCUT2D eigenvalue weighted by Crippen LogP contribution is 2.28. The van der Waals surface area contributed by atoms with Crippen LogP contribution in [0.3, 0.4) is 0 Å². The summed E-state index contributed by atoms with van der Waals surface area (Å²) >= 11 is 5.87. The van der Waals surface area contributed by atoms with E-state index >= 15 is 0 Å². The van der Waals surface area contributed by atoms with E-state index in [0.717, 1.165) is 12.1 Å². The maximum absolute atomic E-state index is 13.5. The molecule has 0 saturated heterocycles. The Morgan fingerprint density at radius 2 is 1.70 bits per heavy atom. The van der Waals surface area contributed by atoms with Crippen molar-refractivity contribution in [1.29, 1.82) is 0 Å². The van der Waals surface area contributed by atoms with Gasteiger partial charge in [0.15, 0.2) is 11.6 Å². The molecule has 0 spiro atoms. The van der Waals surface area contributed by atoms with Crippen LogP contribution < -0.4 is 5.32 Å². The summed E-state index contributed by atoms with van der Waals surface area (Å²) in [5, 5.41) is 2.75. The Labute approximate surface area is 118 Å². The summed E-state index contributed by atoms with van der Waals surface area (Å²) < 4.78 is 52.6. The van der Waals surface area contributed by atoms with Gasteiger partial charge in [-0.25, -0.2) is 17.6 Å². The minimum Gasteiger partial charge on any atom is -0.376 e. The third kappa shape index (κ3) is 3.04. The summed E-state index contributed by atoms with van der Waals surface area (Å²) in [6.45, 7) is 1.61. The van der Waals surface area contributed by atoms with Gasteiger partial charge in [-0.1, -0.05) is 17.7 Å². The maximum Gasteiger partial charge on any atom is 0.182 e. The molecule has 0 amide bonds. The van der Waals surface area contributed by atoms with Crippen molar-refractivity contribution in [2.24, 2.45) is 0 Å². The average molecular weight is 304 g/mol. The van der Waals surface area contributed by atoms with Gasteiger partial charge in [0.1, 0.15) is 11.6 Å². The zero-order valence-electron chi connectivity index (χ0n) is 10.4. The van der Waals surface area contributed by atoms with Crippen LogP contribution in [0.25, 0.3) is 0 Å². The molecule has 2 aromatic carbocycles. The van der Waals surface area contributed by atoms with Crippen LogP contribution in [-0.2, 0) is 0 Å². The van der Waals surface area contributed by atoms with Crippen LogP contribution in [0.1, 0.15) is 18.5 Å². The predicted molar refractivity (Wildman–Crippen MR) is 69.8 cm³/mol. The normalized spacial score (nSPS) is 12.3. The highest BCUT2D eigenvalue weighted by atomic mass is 35.5. The number of nitrogens with one attached hydrogen (secondary N) is 1. The van der Waals surface area contributed by atoms with Gasteiger partial charge < -0.3 is 5.32 Å². The van der Waals surface area contributed by atoms with Gasteiger partial charge in [0.25, 0.3) is 0 Å². The predicted octanol–water partition coefficient (Wildman–Crippen LogP) is 5.07. The van der Waals surface area contributed by atoms with Crippen LogP contribution in [0.15, 0.2) is 30.3 Å². The molecule has 0 aromatic heterocycles. The van der Waals surface area contributed by atoms with E-state index in [4.69, 9.17) is 11.6 Å². The minimum atomic E-state index is -1.29. The summed E-state index contributed by atoms with van der Waals surface area (Å²) in [5.41, 5.74) is 0.160. The van der Waals surface area contributed by atoms with Crippen molar-refractivity contribution in [3.63, 3.8) is 0 Å². The first-order valence-electron chi connectivity index (χ1n) is 5.74. The highest BCUT2D eigenvalue weighted by molar-refractivity contribution is 6.31. The minimum absolute atomic E-state index is 0.141. The third-order valence-electron chi connectivity index (χ3n) is 2.79. The molecule has 1 unspecified atom stereocenters. The van der Waals surface area contributed by atoms with Gasteiger partial charge in [0.2, 0.25) is 0 Å². The SMILES string of the molecule is CC(Nc1cc(F)cc(F)c1F)c1ccc(F)cc1Cl. The molecule has 1 N–H and O–H groups in total. The number of hydrogen-bond acceptors (Lipinski definition) is 1. The van der Waals surface area contributed by atoms with Gasteiger partial charge in [0.05, 0.1) is 11.7 Å². The molecule has 0 aliphatic carbocycles. The molecule has 6 heteroatoms. The zero-order valence-corrected chi connectivity index (χ0v) is 11.1. The van der Waals surface area contributed by atoms with E-state index < -0.39 is 29.3 Å². The van der Waals surface area contributed by atoms with Crippen molar-refractivity contribution in [2.75, 3.05) is 5.32 Å². The molecule has 2 aromatic rings. The smallest absolute Gasteiger partial charge is 0.182 e. The maximum atomic E-state index is 13.5. The van der Waals surface area contributed by atoms with E-state index in [1.165, 1.54) is 12.1 Å². The molecular weight excluding hydrogens is 294 g/mol. The van der Waals surface area contributed by atoms with Crippen molar-refractivity contribution < 1.29 is 17.6 Å². The van der Waals surface area contributed by atoms with Crippen molar-refractivity contribution in [3.05, 3.63) is 64.2 Å². The van der Waals surface area contributed by atoms with Crippen molar-refractivity contribution in [3.8, 4) is 0 Å². The Hall–Kier alpha value is -1.75. The third-order valence-corrected chi connectivity index (χ3v) is 3.12. The fraction of sp³-hybridized carbons (Fsp3) is 0.143. The first-order chi connectivity index (χ1) is 9.38. The monoisotopic (exact) mass is 303 g/mol. The lowest BCUT2D eigenvalue weighted by Crippen LogP contribution is -2.10. The lowest BCUT2D eigenvalue weighted by Gasteiger charge is -2.17. The van der Waals surface area contributed by atoms with Gasteiger partial charge in [-0.05, 0) is 24.6 Å². The summed E-state index contributed by atoms with van der Waals surface area (Å²) in [6, 6.07) is 4.46. The lowest BCUT2D eigenvalue weighted by molar-refractivity contribution is 0.496. The molecule has 0 fully saturated rings. The zero-order chi connectivity index (χ0) is 14.9. The van der Waals surface area contributed by atoms with Crippen molar-refractivity contribution in [1.82, 2.24) is 0 Å². The van der Waals surface area contributed by atoms with E-state index in [-0.39, 0.29) is 10.7 Å². The summed E-state index contributed by atoms with van der Waals surface area (Å²) in [4.78, 5) is 0. The van der Waals surface area contributed by atoms with Crippen LogP contribution in [0.4, 0.5) is 23.2 Å². The molecular formula is C14H10ClF4N. The van der Waals surface area contributed by atoms with Crippen LogP contribution >= 0.6 is 11.6 Å². The molecule has 106 valence electrons. The van der Waals surface area contributed by atoms with Crippen LogP contribution in [0, 0.1) is 23.3 Å². The van der Waals surface area contributed by atoms with Gasteiger partial charge >= 0.3 is 0 Å².